The number of pyridine rings is 1. The van der Waals surface area contributed by atoms with E-state index in [1.165, 1.54) is 0 Å². The number of carbonyl (C=O) groups excluding carboxylic acids is 1. The predicted molar refractivity (Wildman–Crippen MR) is 39.9 cm³/mol. The highest BCUT2D eigenvalue weighted by molar-refractivity contribution is 5.79. The Kier molecular flexibility index (Phi) is 1.75. The van der Waals surface area contributed by atoms with Gasteiger partial charge in [0.25, 0.3) is 0 Å². The Hall–Kier alpha value is -1.42. The Morgan fingerprint density at radius 1 is 1.75 bits per heavy atom. The van der Waals surface area contributed by atoms with E-state index in [1.54, 1.807) is 12.3 Å². The first-order valence-corrected chi connectivity index (χ1v) is 3.60. The molecule has 1 N–H and O–H groups in total. The van der Waals surface area contributed by atoms with Crippen LogP contribution in [0.15, 0.2) is 18.3 Å². The molecule has 0 saturated carbocycles. The SMILES string of the molecule is O=C1COC(c2[c]nccc2)N1. The van der Waals surface area contributed by atoms with Crippen molar-refractivity contribution in [3.05, 3.63) is 30.1 Å². The number of carbonyl (C=O) groups is 1. The molecule has 0 spiro atoms. The lowest BCUT2D eigenvalue weighted by molar-refractivity contribution is -0.119. The van der Waals surface area contributed by atoms with Crippen LogP contribution in [0.5, 0.6) is 0 Å². The van der Waals surface area contributed by atoms with Gasteiger partial charge in [-0.3, -0.25) is 9.78 Å². The van der Waals surface area contributed by atoms with Crippen LogP contribution in [-0.4, -0.2) is 17.5 Å². The molecule has 1 aliphatic heterocycles. The summed E-state index contributed by atoms with van der Waals surface area (Å²) in [5.41, 5.74) is 0.753. The molecule has 2 heterocycles. The second-order valence-electron chi connectivity index (χ2n) is 2.46. The lowest BCUT2D eigenvalue weighted by atomic mass is 10.2. The van der Waals surface area contributed by atoms with E-state index in [2.05, 4.69) is 16.5 Å². The number of hydrogen-bond donors (Lipinski definition) is 1. The summed E-state index contributed by atoms with van der Waals surface area (Å²) in [7, 11) is 0. The third kappa shape index (κ3) is 1.29. The van der Waals surface area contributed by atoms with Crippen LogP contribution < -0.4 is 5.32 Å². The van der Waals surface area contributed by atoms with Gasteiger partial charge in [0.1, 0.15) is 6.61 Å². The molecule has 1 fully saturated rings. The monoisotopic (exact) mass is 163 g/mol. The topological polar surface area (TPSA) is 51.2 Å². The molecule has 12 heavy (non-hydrogen) atoms. The van der Waals surface area contributed by atoms with Gasteiger partial charge in [-0.25, -0.2) is 0 Å². The van der Waals surface area contributed by atoms with Crippen molar-refractivity contribution in [2.75, 3.05) is 6.61 Å². The summed E-state index contributed by atoms with van der Waals surface area (Å²) in [5, 5.41) is 2.64. The maximum Gasteiger partial charge on any atom is 0.248 e. The fourth-order valence-electron chi connectivity index (χ4n) is 1.04. The number of aromatic nitrogens is 1. The molecule has 4 nitrogen and oxygen atoms in total. The average molecular weight is 163 g/mol. The van der Waals surface area contributed by atoms with Crippen molar-refractivity contribution in [3.8, 4) is 0 Å². The molecule has 1 radical (unpaired) electrons. The Morgan fingerprint density at radius 2 is 2.67 bits per heavy atom. The fourth-order valence-corrected chi connectivity index (χ4v) is 1.04. The van der Waals surface area contributed by atoms with E-state index in [1.807, 2.05) is 6.07 Å². The number of amides is 1. The zero-order valence-electron chi connectivity index (χ0n) is 6.28. The molecule has 1 saturated heterocycles. The number of nitrogens with zero attached hydrogens (tertiary/aromatic N) is 1. The summed E-state index contributed by atoms with van der Waals surface area (Å²) < 4.78 is 5.12. The Balaban J connectivity index is 2.16. The van der Waals surface area contributed by atoms with Crippen LogP contribution in [0.4, 0.5) is 0 Å². The van der Waals surface area contributed by atoms with Gasteiger partial charge < -0.3 is 10.1 Å². The van der Waals surface area contributed by atoms with Crippen LogP contribution in [0.2, 0.25) is 0 Å². The Bertz CT molecular complexity index is 286. The number of nitrogens with one attached hydrogen (secondary N) is 1. The standard InChI is InChI=1S/C8H7N2O2/c11-7-5-12-8(10-7)6-2-1-3-9-4-6/h1-3,8H,5H2,(H,10,11). The number of hydrogen-bond acceptors (Lipinski definition) is 3. The van der Waals surface area contributed by atoms with Gasteiger partial charge >= 0.3 is 0 Å². The molecule has 1 aromatic rings. The van der Waals surface area contributed by atoms with Crippen molar-refractivity contribution in [2.45, 2.75) is 6.23 Å². The van der Waals surface area contributed by atoms with Crippen molar-refractivity contribution in [2.24, 2.45) is 0 Å². The van der Waals surface area contributed by atoms with Crippen molar-refractivity contribution >= 4 is 5.91 Å². The molecule has 2 rings (SSSR count). The zero-order chi connectivity index (χ0) is 8.39. The summed E-state index contributed by atoms with van der Waals surface area (Å²) in [6.07, 6.45) is 4.00. The van der Waals surface area contributed by atoms with Gasteiger partial charge in [-0.2, -0.15) is 0 Å². The van der Waals surface area contributed by atoms with Crippen LogP contribution in [0.1, 0.15) is 11.8 Å². The van der Waals surface area contributed by atoms with Crippen LogP contribution in [0.3, 0.4) is 0 Å². The van der Waals surface area contributed by atoms with Crippen molar-refractivity contribution in [3.63, 3.8) is 0 Å². The van der Waals surface area contributed by atoms with E-state index in [4.69, 9.17) is 4.74 Å². The molecule has 1 aromatic heterocycles. The minimum absolute atomic E-state index is 0.0998. The van der Waals surface area contributed by atoms with Crippen LogP contribution >= 0.6 is 0 Å². The largest absolute Gasteiger partial charge is 0.344 e. The third-order valence-electron chi connectivity index (χ3n) is 1.59. The number of rotatable bonds is 1. The van der Waals surface area contributed by atoms with Crippen LogP contribution in [0.25, 0.3) is 0 Å². The molecule has 4 heteroatoms. The van der Waals surface area contributed by atoms with E-state index in [0.717, 1.165) is 5.56 Å². The summed E-state index contributed by atoms with van der Waals surface area (Å²) in [5.74, 6) is -0.0998. The van der Waals surface area contributed by atoms with Gasteiger partial charge in [0.15, 0.2) is 6.23 Å². The second kappa shape index (κ2) is 2.91. The molecular weight excluding hydrogens is 156 g/mol. The van der Waals surface area contributed by atoms with Gasteiger partial charge in [0.05, 0.1) is 6.20 Å². The number of ether oxygens (including phenoxy) is 1. The predicted octanol–water partition coefficient (Wildman–Crippen LogP) is 0.0268. The average Bonchev–Trinajstić information content (AvgIpc) is 2.54. The molecule has 0 bridgehead atoms. The highest BCUT2D eigenvalue weighted by atomic mass is 16.5. The maximum absolute atomic E-state index is 10.8. The fraction of sp³-hybridized carbons (Fsp3) is 0.250. The Labute approximate surface area is 69.6 Å². The molecular formula is C8H7N2O2. The first kappa shape index (κ1) is 7.24. The van der Waals surface area contributed by atoms with Gasteiger partial charge in [-0.1, -0.05) is 6.07 Å². The van der Waals surface area contributed by atoms with Crippen molar-refractivity contribution in [1.82, 2.24) is 10.3 Å². The molecule has 1 atom stereocenters. The highest BCUT2D eigenvalue weighted by Crippen LogP contribution is 2.15. The van der Waals surface area contributed by atoms with E-state index >= 15 is 0 Å². The van der Waals surface area contributed by atoms with Crippen LogP contribution in [0, 0.1) is 6.20 Å². The third-order valence-corrected chi connectivity index (χ3v) is 1.59. The summed E-state index contributed by atoms with van der Waals surface area (Å²) >= 11 is 0. The Morgan fingerprint density at radius 3 is 3.25 bits per heavy atom. The maximum atomic E-state index is 10.8. The summed E-state index contributed by atoms with van der Waals surface area (Å²) in [4.78, 5) is 14.6. The van der Waals surface area contributed by atoms with Gasteiger partial charge in [0.2, 0.25) is 5.91 Å². The molecule has 1 amide bonds. The van der Waals surface area contributed by atoms with E-state index < -0.39 is 0 Å². The zero-order valence-corrected chi connectivity index (χ0v) is 6.28. The van der Waals surface area contributed by atoms with E-state index in [0.29, 0.717) is 0 Å². The lowest BCUT2D eigenvalue weighted by Gasteiger charge is -2.06. The minimum atomic E-state index is -0.369. The highest BCUT2D eigenvalue weighted by Gasteiger charge is 2.22. The smallest absolute Gasteiger partial charge is 0.248 e. The van der Waals surface area contributed by atoms with Gasteiger partial charge in [-0.15, -0.1) is 0 Å². The quantitative estimate of drug-likeness (QED) is 0.635. The minimum Gasteiger partial charge on any atom is -0.344 e. The molecule has 0 aliphatic carbocycles. The van der Waals surface area contributed by atoms with Crippen molar-refractivity contribution in [1.29, 1.82) is 0 Å². The lowest BCUT2D eigenvalue weighted by Crippen LogP contribution is -2.19. The van der Waals surface area contributed by atoms with E-state index in [-0.39, 0.29) is 18.7 Å². The summed E-state index contributed by atoms with van der Waals surface area (Å²) in [6.45, 7) is 0.118. The van der Waals surface area contributed by atoms with E-state index in [9.17, 15) is 4.79 Å². The van der Waals surface area contributed by atoms with Gasteiger partial charge in [-0.05, 0) is 6.07 Å². The summed E-state index contributed by atoms with van der Waals surface area (Å²) in [6, 6.07) is 3.59. The van der Waals surface area contributed by atoms with Crippen LogP contribution in [-0.2, 0) is 9.53 Å². The normalized spacial score (nSPS) is 22.3. The first-order chi connectivity index (χ1) is 5.86. The first-order valence-electron chi connectivity index (χ1n) is 3.60. The second-order valence-corrected chi connectivity index (χ2v) is 2.46. The molecule has 0 aromatic carbocycles. The molecule has 1 aliphatic rings. The van der Waals surface area contributed by atoms with Crippen molar-refractivity contribution < 1.29 is 9.53 Å². The van der Waals surface area contributed by atoms with Gasteiger partial charge in [0, 0.05) is 11.8 Å². The molecule has 1 unspecified atom stereocenters. The molecule has 61 valence electrons.